The summed E-state index contributed by atoms with van der Waals surface area (Å²) in [5, 5.41) is 7.19. The van der Waals surface area contributed by atoms with Crippen molar-refractivity contribution in [2.75, 3.05) is 5.32 Å². The number of aromatic nitrogens is 3. The van der Waals surface area contributed by atoms with Crippen LogP contribution < -0.4 is 14.8 Å². The minimum absolute atomic E-state index is 0.253. The van der Waals surface area contributed by atoms with Gasteiger partial charge in [-0.3, -0.25) is 4.79 Å². The van der Waals surface area contributed by atoms with Crippen LogP contribution in [0.15, 0.2) is 30.5 Å². The molecule has 7 heteroatoms. The highest BCUT2D eigenvalue weighted by Crippen LogP contribution is 2.47. The minimum atomic E-state index is -0.508. The van der Waals surface area contributed by atoms with Crippen LogP contribution in [0.2, 0.25) is 0 Å². The second-order valence-electron chi connectivity index (χ2n) is 7.27. The lowest BCUT2D eigenvalue weighted by atomic mass is 10.2. The summed E-state index contributed by atoms with van der Waals surface area (Å²) in [5.74, 6) is 0.655. The van der Waals surface area contributed by atoms with E-state index in [1.54, 1.807) is 10.7 Å². The number of hydrogen-bond acceptors (Lipinski definition) is 5. The summed E-state index contributed by atoms with van der Waals surface area (Å²) in [7, 11) is 0. The average molecular weight is 364 g/mol. The molecule has 7 nitrogen and oxygen atoms in total. The number of hydrogen-bond donors (Lipinski definition) is 1. The van der Waals surface area contributed by atoms with E-state index in [9.17, 15) is 4.79 Å². The Morgan fingerprint density at radius 3 is 2.74 bits per heavy atom. The summed E-state index contributed by atoms with van der Waals surface area (Å²) < 4.78 is 13.8. The zero-order valence-corrected chi connectivity index (χ0v) is 15.3. The van der Waals surface area contributed by atoms with Crippen molar-refractivity contribution in [2.45, 2.75) is 45.3 Å². The Bertz CT molecular complexity index is 1070. The molecule has 0 unspecified atom stereocenters. The molecule has 1 amide bonds. The topological polar surface area (TPSA) is 77.8 Å². The molecule has 1 N–H and O–H groups in total. The summed E-state index contributed by atoms with van der Waals surface area (Å²) in [6.07, 6.45) is 5.56. The standard InChI is InChI=1S/C20H20N4O3/c1-12-9-13(2)24-18(22-12)15(11-21-24)19(25)23-14-5-6-16-17(10-14)27-20(26-16)7-3-4-8-20/h5-6,9-11H,3-4,7-8H2,1-2H3,(H,23,25). The molecule has 138 valence electrons. The molecular weight excluding hydrogens is 344 g/mol. The molecule has 3 aromatic rings. The van der Waals surface area contributed by atoms with Crippen molar-refractivity contribution >= 4 is 17.2 Å². The normalized spacial score (nSPS) is 17.0. The van der Waals surface area contributed by atoms with Crippen LogP contribution >= 0.6 is 0 Å². The average Bonchev–Trinajstić information content (AvgIpc) is 3.33. The molecule has 27 heavy (non-hydrogen) atoms. The molecule has 0 bridgehead atoms. The van der Waals surface area contributed by atoms with Crippen LogP contribution in [0.3, 0.4) is 0 Å². The first kappa shape index (κ1) is 16.1. The van der Waals surface area contributed by atoms with Crippen molar-refractivity contribution in [3.8, 4) is 11.5 Å². The van der Waals surface area contributed by atoms with Crippen LogP contribution in [0.1, 0.15) is 47.4 Å². The third-order valence-corrected chi connectivity index (χ3v) is 5.18. The summed E-state index contributed by atoms with van der Waals surface area (Å²) in [6, 6.07) is 7.42. The summed E-state index contributed by atoms with van der Waals surface area (Å²) in [5.41, 5.74) is 3.42. The van der Waals surface area contributed by atoms with Gasteiger partial charge in [0.15, 0.2) is 17.1 Å². The van der Waals surface area contributed by atoms with Crippen molar-refractivity contribution in [2.24, 2.45) is 0 Å². The summed E-state index contributed by atoms with van der Waals surface area (Å²) >= 11 is 0. The first-order valence-corrected chi connectivity index (χ1v) is 9.18. The summed E-state index contributed by atoms with van der Waals surface area (Å²) in [6.45, 7) is 3.84. The van der Waals surface area contributed by atoms with E-state index in [1.165, 1.54) is 0 Å². The molecular formula is C20H20N4O3. The Hall–Kier alpha value is -3.09. The van der Waals surface area contributed by atoms with Gasteiger partial charge in [0, 0.05) is 36.0 Å². The molecule has 5 rings (SSSR count). The first-order chi connectivity index (χ1) is 13.0. The smallest absolute Gasteiger partial charge is 0.261 e. The number of benzene rings is 1. The van der Waals surface area contributed by atoms with E-state index >= 15 is 0 Å². The maximum Gasteiger partial charge on any atom is 0.261 e. The highest BCUT2D eigenvalue weighted by atomic mass is 16.7. The Balaban J connectivity index is 1.41. The number of aryl methyl sites for hydroxylation is 2. The minimum Gasteiger partial charge on any atom is -0.448 e. The number of anilines is 1. The van der Waals surface area contributed by atoms with E-state index in [-0.39, 0.29) is 5.91 Å². The van der Waals surface area contributed by atoms with E-state index in [0.29, 0.717) is 22.6 Å². The van der Waals surface area contributed by atoms with Crippen LogP contribution in [-0.2, 0) is 0 Å². The maximum atomic E-state index is 12.8. The van der Waals surface area contributed by atoms with Gasteiger partial charge in [0.1, 0.15) is 5.56 Å². The van der Waals surface area contributed by atoms with Crippen LogP contribution in [0.5, 0.6) is 11.5 Å². The number of rotatable bonds is 2. The molecule has 2 aromatic heterocycles. The first-order valence-electron chi connectivity index (χ1n) is 9.18. The zero-order valence-electron chi connectivity index (χ0n) is 15.3. The highest BCUT2D eigenvalue weighted by Gasteiger charge is 2.44. The third kappa shape index (κ3) is 2.61. The van der Waals surface area contributed by atoms with Gasteiger partial charge in [-0.25, -0.2) is 9.50 Å². The van der Waals surface area contributed by atoms with Gasteiger partial charge in [0.2, 0.25) is 0 Å². The fourth-order valence-electron chi connectivity index (χ4n) is 3.92. The van der Waals surface area contributed by atoms with Crippen molar-refractivity contribution in [3.63, 3.8) is 0 Å². The predicted octanol–water partition coefficient (Wildman–Crippen LogP) is 3.64. The van der Waals surface area contributed by atoms with Crippen molar-refractivity contribution in [1.82, 2.24) is 14.6 Å². The van der Waals surface area contributed by atoms with Gasteiger partial charge in [-0.15, -0.1) is 0 Å². The molecule has 1 spiro atoms. The number of fused-ring (bicyclic) bond motifs is 2. The largest absolute Gasteiger partial charge is 0.448 e. The molecule has 0 atom stereocenters. The van der Waals surface area contributed by atoms with Crippen LogP contribution in [0, 0.1) is 13.8 Å². The quantitative estimate of drug-likeness (QED) is 0.751. The zero-order chi connectivity index (χ0) is 18.6. The fraction of sp³-hybridized carbons (Fsp3) is 0.350. The molecule has 2 aliphatic rings. The van der Waals surface area contributed by atoms with E-state index in [1.807, 2.05) is 38.1 Å². The number of amides is 1. The Kier molecular flexibility index (Phi) is 3.40. The van der Waals surface area contributed by atoms with E-state index in [2.05, 4.69) is 15.4 Å². The Morgan fingerprint density at radius 2 is 1.93 bits per heavy atom. The molecule has 1 fully saturated rings. The Labute approximate surface area is 156 Å². The number of nitrogens with one attached hydrogen (secondary N) is 1. The third-order valence-electron chi connectivity index (χ3n) is 5.18. The fourth-order valence-corrected chi connectivity index (χ4v) is 3.92. The monoisotopic (exact) mass is 364 g/mol. The number of carbonyl (C=O) groups is 1. The lowest BCUT2D eigenvalue weighted by Crippen LogP contribution is -2.34. The van der Waals surface area contributed by atoms with Crippen molar-refractivity contribution < 1.29 is 14.3 Å². The molecule has 0 saturated heterocycles. The molecule has 0 radical (unpaired) electrons. The van der Waals surface area contributed by atoms with Gasteiger partial charge in [0.25, 0.3) is 11.7 Å². The maximum absolute atomic E-state index is 12.8. The van der Waals surface area contributed by atoms with Crippen LogP contribution in [0.25, 0.3) is 5.65 Å². The molecule has 1 aromatic carbocycles. The van der Waals surface area contributed by atoms with Gasteiger partial charge in [0.05, 0.1) is 6.20 Å². The SMILES string of the molecule is Cc1cc(C)n2ncc(C(=O)Nc3ccc4c(c3)OC3(CCCC3)O4)c2n1. The predicted molar refractivity (Wildman–Crippen MR) is 99.3 cm³/mol. The second-order valence-corrected chi connectivity index (χ2v) is 7.27. The molecule has 1 aliphatic heterocycles. The lowest BCUT2D eigenvalue weighted by molar-refractivity contribution is -0.0716. The van der Waals surface area contributed by atoms with Crippen LogP contribution in [-0.4, -0.2) is 26.3 Å². The van der Waals surface area contributed by atoms with Gasteiger partial charge in [-0.1, -0.05) is 0 Å². The van der Waals surface area contributed by atoms with Gasteiger partial charge in [-0.05, 0) is 44.9 Å². The van der Waals surface area contributed by atoms with Crippen molar-refractivity contribution in [3.05, 3.63) is 47.4 Å². The van der Waals surface area contributed by atoms with Crippen molar-refractivity contribution in [1.29, 1.82) is 0 Å². The van der Waals surface area contributed by atoms with Gasteiger partial charge >= 0.3 is 0 Å². The van der Waals surface area contributed by atoms with E-state index in [0.717, 1.165) is 42.8 Å². The van der Waals surface area contributed by atoms with E-state index in [4.69, 9.17) is 9.47 Å². The van der Waals surface area contributed by atoms with Crippen LogP contribution in [0.4, 0.5) is 5.69 Å². The molecule has 1 aliphatic carbocycles. The summed E-state index contributed by atoms with van der Waals surface area (Å²) in [4.78, 5) is 17.2. The van der Waals surface area contributed by atoms with E-state index < -0.39 is 5.79 Å². The Morgan fingerprint density at radius 1 is 1.15 bits per heavy atom. The number of carbonyl (C=O) groups excluding carboxylic acids is 1. The molecule has 3 heterocycles. The van der Waals surface area contributed by atoms with Gasteiger partial charge in [-0.2, -0.15) is 5.10 Å². The number of nitrogens with zero attached hydrogens (tertiary/aromatic N) is 3. The van der Waals surface area contributed by atoms with Gasteiger partial charge < -0.3 is 14.8 Å². The lowest BCUT2D eigenvalue weighted by Gasteiger charge is -2.21. The second kappa shape index (κ2) is 5.70. The molecule has 1 saturated carbocycles. The number of ether oxygens (including phenoxy) is 2. The highest BCUT2D eigenvalue weighted by molar-refractivity contribution is 6.08.